The smallest absolute Gasteiger partial charge is 0.234 e. The first-order chi connectivity index (χ1) is 8.66. The minimum absolute atomic E-state index is 0.211. The van der Waals surface area contributed by atoms with Gasteiger partial charge in [-0.05, 0) is 44.2 Å². The fourth-order valence-electron chi connectivity index (χ4n) is 3.08. The SMILES string of the molecule is CC1CCC(NC(=O)CN2CCCNCC2)C1C. The number of carbonyl (C=O) groups excluding carboxylic acids is 1. The number of rotatable bonds is 3. The Balaban J connectivity index is 1.74. The predicted octanol–water partition coefficient (Wildman–Crippen LogP) is 0.833. The third-order valence-corrected chi connectivity index (χ3v) is 4.61. The average Bonchev–Trinajstić information content (AvgIpc) is 2.60. The molecule has 1 saturated heterocycles. The molecule has 2 fully saturated rings. The zero-order valence-electron chi connectivity index (χ0n) is 11.7. The van der Waals surface area contributed by atoms with Crippen molar-refractivity contribution in [2.75, 3.05) is 32.7 Å². The molecule has 1 saturated carbocycles. The van der Waals surface area contributed by atoms with Gasteiger partial charge in [0.1, 0.15) is 0 Å². The van der Waals surface area contributed by atoms with E-state index in [4.69, 9.17) is 0 Å². The van der Waals surface area contributed by atoms with Gasteiger partial charge in [0.05, 0.1) is 6.54 Å². The highest BCUT2D eigenvalue weighted by Crippen LogP contribution is 2.30. The fourth-order valence-corrected chi connectivity index (χ4v) is 3.08. The zero-order chi connectivity index (χ0) is 13.0. The van der Waals surface area contributed by atoms with Crippen LogP contribution in [-0.2, 0) is 4.79 Å². The molecular formula is C14H27N3O. The van der Waals surface area contributed by atoms with Gasteiger partial charge in [-0.1, -0.05) is 13.8 Å². The summed E-state index contributed by atoms with van der Waals surface area (Å²) in [6.07, 6.45) is 3.54. The van der Waals surface area contributed by atoms with Crippen molar-refractivity contribution in [1.29, 1.82) is 0 Å². The Bertz CT molecular complexity index is 274. The van der Waals surface area contributed by atoms with E-state index in [9.17, 15) is 4.79 Å². The van der Waals surface area contributed by atoms with Gasteiger partial charge in [0.25, 0.3) is 0 Å². The van der Waals surface area contributed by atoms with Crippen LogP contribution in [0.1, 0.15) is 33.1 Å². The summed E-state index contributed by atoms with van der Waals surface area (Å²) in [5.41, 5.74) is 0. The normalized spacial score (nSPS) is 34.2. The van der Waals surface area contributed by atoms with Crippen LogP contribution in [0.25, 0.3) is 0 Å². The molecule has 3 atom stereocenters. The standard InChI is InChI=1S/C14H27N3O/c1-11-4-5-13(12(11)2)16-14(18)10-17-8-3-6-15-7-9-17/h11-13,15H,3-10H2,1-2H3,(H,16,18). The highest BCUT2D eigenvalue weighted by atomic mass is 16.2. The Kier molecular flexibility index (Phi) is 5.01. The van der Waals surface area contributed by atoms with Crippen molar-refractivity contribution in [3.05, 3.63) is 0 Å². The molecule has 1 amide bonds. The van der Waals surface area contributed by atoms with Gasteiger partial charge >= 0.3 is 0 Å². The lowest BCUT2D eigenvalue weighted by atomic mass is 9.98. The first-order valence-electron chi connectivity index (χ1n) is 7.39. The summed E-state index contributed by atoms with van der Waals surface area (Å²) in [4.78, 5) is 14.3. The Hall–Kier alpha value is -0.610. The number of hydrogen-bond acceptors (Lipinski definition) is 3. The molecule has 4 nitrogen and oxygen atoms in total. The monoisotopic (exact) mass is 253 g/mol. The molecule has 0 aromatic rings. The van der Waals surface area contributed by atoms with Crippen molar-refractivity contribution in [2.45, 2.75) is 39.2 Å². The summed E-state index contributed by atoms with van der Waals surface area (Å²) < 4.78 is 0. The van der Waals surface area contributed by atoms with Crippen LogP contribution < -0.4 is 10.6 Å². The number of hydrogen-bond donors (Lipinski definition) is 2. The first kappa shape index (κ1) is 13.8. The van der Waals surface area contributed by atoms with Gasteiger partial charge in [-0.2, -0.15) is 0 Å². The minimum atomic E-state index is 0.211. The van der Waals surface area contributed by atoms with Crippen LogP contribution in [0.15, 0.2) is 0 Å². The van der Waals surface area contributed by atoms with Crippen LogP contribution in [0.3, 0.4) is 0 Å². The van der Waals surface area contributed by atoms with E-state index >= 15 is 0 Å². The second-order valence-corrected chi connectivity index (χ2v) is 5.97. The third kappa shape index (κ3) is 3.69. The molecule has 0 spiro atoms. The summed E-state index contributed by atoms with van der Waals surface area (Å²) >= 11 is 0. The molecule has 2 N–H and O–H groups in total. The number of carbonyl (C=O) groups is 1. The lowest BCUT2D eigenvalue weighted by Gasteiger charge is -2.23. The predicted molar refractivity (Wildman–Crippen MR) is 73.4 cm³/mol. The second-order valence-electron chi connectivity index (χ2n) is 5.97. The number of nitrogens with one attached hydrogen (secondary N) is 2. The highest BCUT2D eigenvalue weighted by molar-refractivity contribution is 5.78. The fraction of sp³-hybridized carbons (Fsp3) is 0.929. The molecule has 4 heteroatoms. The van der Waals surface area contributed by atoms with Gasteiger partial charge in [0.2, 0.25) is 5.91 Å². The van der Waals surface area contributed by atoms with Crippen LogP contribution in [0.4, 0.5) is 0 Å². The number of amides is 1. The highest BCUT2D eigenvalue weighted by Gasteiger charge is 2.30. The summed E-state index contributed by atoms with van der Waals surface area (Å²) in [5, 5.41) is 6.59. The molecule has 1 aliphatic carbocycles. The average molecular weight is 253 g/mol. The van der Waals surface area contributed by atoms with Crippen molar-refractivity contribution in [3.63, 3.8) is 0 Å². The maximum Gasteiger partial charge on any atom is 0.234 e. The van der Waals surface area contributed by atoms with Crippen LogP contribution in [-0.4, -0.2) is 49.6 Å². The van der Waals surface area contributed by atoms with E-state index < -0.39 is 0 Å². The molecule has 3 unspecified atom stereocenters. The van der Waals surface area contributed by atoms with E-state index in [0.29, 0.717) is 18.5 Å². The van der Waals surface area contributed by atoms with Crippen molar-refractivity contribution in [2.24, 2.45) is 11.8 Å². The second kappa shape index (κ2) is 6.53. The molecule has 1 heterocycles. The van der Waals surface area contributed by atoms with E-state index in [1.165, 1.54) is 6.42 Å². The zero-order valence-corrected chi connectivity index (χ0v) is 11.7. The summed E-state index contributed by atoms with van der Waals surface area (Å²) in [6.45, 7) is 9.23. The minimum Gasteiger partial charge on any atom is -0.352 e. The van der Waals surface area contributed by atoms with Crippen molar-refractivity contribution in [1.82, 2.24) is 15.5 Å². The van der Waals surface area contributed by atoms with Crippen molar-refractivity contribution < 1.29 is 4.79 Å². The molecule has 104 valence electrons. The van der Waals surface area contributed by atoms with E-state index in [1.54, 1.807) is 0 Å². The summed E-state index contributed by atoms with van der Waals surface area (Å²) in [6, 6.07) is 0.401. The third-order valence-electron chi connectivity index (χ3n) is 4.61. The summed E-state index contributed by atoms with van der Waals surface area (Å²) in [7, 11) is 0. The molecule has 0 bridgehead atoms. The molecule has 18 heavy (non-hydrogen) atoms. The van der Waals surface area contributed by atoms with Gasteiger partial charge in [0, 0.05) is 19.1 Å². The van der Waals surface area contributed by atoms with E-state index in [-0.39, 0.29) is 5.91 Å². The molecule has 0 radical (unpaired) electrons. The maximum atomic E-state index is 12.1. The Morgan fingerprint density at radius 1 is 1.28 bits per heavy atom. The van der Waals surface area contributed by atoms with Gasteiger partial charge in [0.15, 0.2) is 0 Å². The van der Waals surface area contributed by atoms with Crippen LogP contribution in [0.2, 0.25) is 0 Å². The van der Waals surface area contributed by atoms with Crippen molar-refractivity contribution in [3.8, 4) is 0 Å². The molecule has 2 aliphatic rings. The van der Waals surface area contributed by atoms with E-state index in [0.717, 1.165) is 44.9 Å². The Labute approximate surface area is 110 Å². The van der Waals surface area contributed by atoms with Gasteiger partial charge in [-0.25, -0.2) is 0 Å². The van der Waals surface area contributed by atoms with E-state index in [2.05, 4.69) is 29.4 Å². The quantitative estimate of drug-likeness (QED) is 0.783. The number of nitrogens with zero attached hydrogens (tertiary/aromatic N) is 1. The van der Waals surface area contributed by atoms with Crippen LogP contribution in [0, 0.1) is 11.8 Å². The van der Waals surface area contributed by atoms with Crippen LogP contribution >= 0.6 is 0 Å². The molecule has 0 aromatic heterocycles. The molecule has 1 aliphatic heterocycles. The molecule has 0 aromatic carbocycles. The Morgan fingerprint density at radius 3 is 2.83 bits per heavy atom. The van der Waals surface area contributed by atoms with Gasteiger partial charge in [-0.15, -0.1) is 0 Å². The van der Waals surface area contributed by atoms with Crippen molar-refractivity contribution >= 4 is 5.91 Å². The lowest BCUT2D eigenvalue weighted by Crippen LogP contribution is -2.44. The topological polar surface area (TPSA) is 44.4 Å². The lowest BCUT2D eigenvalue weighted by molar-refractivity contribution is -0.123. The Morgan fingerprint density at radius 2 is 2.11 bits per heavy atom. The first-order valence-corrected chi connectivity index (χ1v) is 7.39. The van der Waals surface area contributed by atoms with E-state index in [1.807, 2.05) is 0 Å². The van der Waals surface area contributed by atoms with Gasteiger partial charge in [-0.3, -0.25) is 9.69 Å². The largest absolute Gasteiger partial charge is 0.352 e. The molecular weight excluding hydrogens is 226 g/mol. The molecule has 2 rings (SSSR count). The van der Waals surface area contributed by atoms with Crippen LogP contribution in [0.5, 0.6) is 0 Å². The summed E-state index contributed by atoms with van der Waals surface area (Å²) in [5.74, 6) is 1.58. The maximum absolute atomic E-state index is 12.1. The van der Waals surface area contributed by atoms with Gasteiger partial charge < -0.3 is 10.6 Å².